The predicted molar refractivity (Wildman–Crippen MR) is 83.8 cm³/mol. The predicted octanol–water partition coefficient (Wildman–Crippen LogP) is 3.91. The third-order valence-corrected chi connectivity index (χ3v) is 4.93. The van der Waals surface area contributed by atoms with Crippen molar-refractivity contribution in [2.24, 2.45) is 5.92 Å². The molecule has 1 fully saturated rings. The van der Waals surface area contributed by atoms with Crippen LogP contribution in [0.3, 0.4) is 0 Å². The van der Waals surface area contributed by atoms with Gasteiger partial charge in [-0.1, -0.05) is 37.8 Å². The molecule has 2 rings (SSSR count). The van der Waals surface area contributed by atoms with E-state index in [0.29, 0.717) is 16.8 Å². The number of thiophene rings is 1. The Kier molecular flexibility index (Phi) is 4.25. The van der Waals surface area contributed by atoms with Gasteiger partial charge in [-0.15, -0.1) is 11.3 Å². The Morgan fingerprint density at radius 2 is 2.22 bits per heavy atom. The number of nitrogens with zero attached hydrogens (tertiary/aromatic N) is 1. The van der Waals surface area contributed by atoms with Crippen LogP contribution in [0.15, 0.2) is 16.4 Å². The molecule has 0 saturated carbocycles. The van der Waals surface area contributed by atoms with E-state index in [0.717, 1.165) is 9.78 Å². The van der Waals surface area contributed by atoms with Crippen LogP contribution < -0.4 is 0 Å². The molecule has 0 unspecified atom stereocenters. The number of hydrogen-bond acceptors (Lipinski definition) is 4. The molecule has 0 aliphatic carbocycles. The van der Waals surface area contributed by atoms with Crippen molar-refractivity contribution in [1.29, 1.82) is 0 Å². The maximum atomic E-state index is 12.2. The number of rotatable bonds is 3. The van der Waals surface area contributed by atoms with Crippen molar-refractivity contribution in [3.63, 3.8) is 0 Å². The first kappa shape index (κ1) is 13.8. The summed E-state index contributed by atoms with van der Waals surface area (Å²) in [5, 5.41) is 2.04. The molecule has 2 nitrogen and oxygen atoms in total. The van der Waals surface area contributed by atoms with Gasteiger partial charge in [-0.3, -0.25) is 9.69 Å². The Labute approximate surface area is 121 Å². The second-order valence-corrected chi connectivity index (χ2v) is 7.28. The van der Waals surface area contributed by atoms with Gasteiger partial charge in [0, 0.05) is 11.4 Å². The number of amides is 1. The average molecular weight is 297 g/mol. The molecule has 2 heterocycles. The number of carbonyl (C=O) groups excluding carboxylic acids is 1. The van der Waals surface area contributed by atoms with Gasteiger partial charge in [-0.25, -0.2) is 0 Å². The SMILES string of the molecule is Cc1ccsc1/C=C1\SC(=S)N(CC(C)C)C1=O. The minimum atomic E-state index is 0.0477. The fraction of sp³-hybridized carbons (Fsp3) is 0.385. The average Bonchev–Trinajstić information content (AvgIpc) is 2.79. The number of carbonyl (C=O) groups is 1. The van der Waals surface area contributed by atoms with Crippen LogP contribution in [0.2, 0.25) is 0 Å². The van der Waals surface area contributed by atoms with Gasteiger partial charge < -0.3 is 0 Å². The molecular weight excluding hydrogens is 282 g/mol. The van der Waals surface area contributed by atoms with Crippen molar-refractivity contribution in [2.75, 3.05) is 6.54 Å². The van der Waals surface area contributed by atoms with Crippen molar-refractivity contribution in [1.82, 2.24) is 4.90 Å². The summed E-state index contributed by atoms with van der Waals surface area (Å²) in [6.07, 6.45) is 1.96. The molecule has 0 radical (unpaired) electrons. The molecule has 0 spiro atoms. The summed E-state index contributed by atoms with van der Waals surface area (Å²) < 4.78 is 0.675. The van der Waals surface area contributed by atoms with Gasteiger partial charge in [-0.2, -0.15) is 0 Å². The van der Waals surface area contributed by atoms with Crippen LogP contribution in [0, 0.1) is 12.8 Å². The lowest BCUT2D eigenvalue weighted by molar-refractivity contribution is -0.122. The highest BCUT2D eigenvalue weighted by molar-refractivity contribution is 8.26. The van der Waals surface area contributed by atoms with E-state index in [2.05, 4.69) is 26.8 Å². The first-order chi connectivity index (χ1) is 8.49. The number of thioether (sulfide) groups is 1. The van der Waals surface area contributed by atoms with E-state index in [1.165, 1.54) is 17.3 Å². The van der Waals surface area contributed by atoms with Crippen molar-refractivity contribution >= 4 is 51.6 Å². The first-order valence-corrected chi connectivity index (χ1v) is 7.89. The molecule has 1 aromatic heterocycles. The molecule has 1 saturated heterocycles. The van der Waals surface area contributed by atoms with Crippen molar-refractivity contribution in [2.45, 2.75) is 20.8 Å². The summed E-state index contributed by atoms with van der Waals surface area (Å²) in [4.78, 5) is 15.8. The van der Waals surface area contributed by atoms with E-state index in [1.807, 2.05) is 11.5 Å². The smallest absolute Gasteiger partial charge is 0.266 e. The number of hydrogen-bond donors (Lipinski definition) is 0. The maximum Gasteiger partial charge on any atom is 0.266 e. The standard InChI is InChI=1S/C13H15NOS3/c1-8(2)7-14-12(15)11(18-13(14)16)6-10-9(3)4-5-17-10/h4-6,8H,7H2,1-3H3/b11-6-. The third-order valence-electron chi connectivity index (χ3n) is 2.59. The van der Waals surface area contributed by atoms with Crippen LogP contribution in [0.4, 0.5) is 0 Å². The van der Waals surface area contributed by atoms with Crippen molar-refractivity contribution < 1.29 is 4.79 Å². The monoisotopic (exact) mass is 297 g/mol. The van der Waals surface area contributed by atoms with E-state index < -0.39 is 0 Å². The van der Waals surface area contributed by atoms with E-state index >= 15 is 0 Å². The summed E-state index contributed by atoms with van der Waals surface area (Å²) in [6, 6.07) is 2.06. The molecule has 5 heteroatoms. The molecule has 1 aliphatic heterocycles. The quantitative estimate of drug-likeness (QED) is 0.623. The van der Waals surface area contributed by atoms with Gasteiger partial charge in [0.2, 0.25) is 0 Å². The number of thiocarbonyl (C=S) groups is 1. The molecule has 0 bridgehead atoms. The summed E-state index contributed by atoms with van der Waals surface area (Å²) >= 11 is 8.33. The molecule has 0 atom stereocenters. The molecule has 18 heavy (non-hydrogen) atoms. The molecule has 1 aromatic rings. The van der Waals surface area contributed by atoms with Crippen LogP contribution in [0.1, 0.15) is 24.3 Å². The van der Waals surface area contributed by atoms with Gasteiger partial charge in [0.1, 0.15) is 4.32 Å². The Hall–Kier alpha value is -0.650. The lowest BCUT2D eigenvalue weighted by Gasteiger charge is -2.16. The lowest BCUT2D eigenvalue weighted by Crippen LogP contribution is -2.31. The van der Waals surface area contributed by atoms with Gasteiger partial charge >= 0.3 is 0 Å². The molecule has 1 aliphatic rings. The summed E-state index contributed by atoms with van der Waals surface area (Å²) in [5.41, 5.74) is 1.20. The van der Waals surface area contributed by atoms with Crippen molar-refractivity contribution in [3.05, 3.63) is 26.8 Å². The minimum Gasteiger partial charge on any atom is -0.293 e. The summed E-state index contributed by atoms with van der Waals surface area (Å²) in [5.74, 6) is 0.474. The van der Waals surface area contributed by atoms with Crippen molar-refractivity contribution in [3.8, 4) is 0 Å². The third kappa shape index (κ3) is 2.84. The fourth-order valence-corrected chi connectivity index (χ4v) is 3.86. The van der Waals surface area contributed by atoms with E-state index in [4.69, 9.17) is 12.2 Å². The van der Waals surface area contributed by atoms with Crippen LogP contribution in [-0.2, 0) is 4.79 Å². The first-order valence-electron chi connectivity index (χ1n) is 5.78. The highest BCUT2D eigenvalue weighted by Crippen LogP contribution is 2.34. The highest BCUT2D eigenvalue weighted by Gasteiger charge is 2.32. The van der Waals surface area contributed by atoms with Gasteiger partial charge in [0.25, 0.3) is 5.91 Å². The topological polar surface area (TPSA) is 20.3 Å². The Morgan fingerprint density at radius 1 is 1.50 bits per heavy atom. The van der Waals surface area contributed by atoms with Gasteiger partial charge in [0.05, 0.1) is 4.91 Å². The second kappa shape index (κ2) is 5.55. The van der Waals surface area contributed by atoms with Gasteiger partial charge in [0.15, 0.2) is 0 Å². The van der Waals surface area contributed by atoms with Crippen LogP contribution in [0.5, 0.6) is 0 Å². The van der Waals surface area contributed by atoms with E-state index in [1.54, 1.807) is 16.2 Å². The lowest BCUT2D eigenvalue weighted by atomic mass is 10.2. The second-order valence-electron chi connectivity index (χ2n) is 4.65. The Balaban J connectivity index is 2.23. The molecule has 1 amide bonds. The Morgan fingerprint density at radius 3 is 2.78 bits per heavy atom. The molecule has 96 valence electrons. The fourth-order valence-electron chi connectivity index (χ4n) is 1.67. The van der Waals surface area contributed by atoms with E-state index in [-0.39, 0.29) is 5.91 Å². The number of aryl methyl sites for hydroxylation is 1. The Bertz CT molecular complexity index is 516. The minimum absolute atomic E-state index is 0.0477. The molecule has 0 aromatic carbocycles. The zero-order valence-electron chi connectivity index (χ0n) is 10.6. The van der Waals surface area contributed by atoms with Crippen LogP contribution in [0.25, 0.3) is 6.08 Å². The van der Waals surface area contributed by atoms with Crippen LogP contribution >= 0.6 is 35.3 Å². The van der Waals surface area contributed by atoms with Crippen LogP contribution in [-0.4, -0.2) is 21.7 Å². The largest absolute Gasteiger partial charge is 0.293 e. The molecule has 0 N–H and O–H groups in total. The summed E-state index contributed by atoms with van der Waals surface area (Å²) in [7, 11) is 0. The van der Waals surface area contributed by atoms with E-state index in [9.17, 15) is 4.79 Å². The normalized spacial score (nSPS) is 18.4. The zero-order valence-corrected chi connectivity index (χ0v) is 13.0. The molecular formula is C13H15NOS3. The van der Waals surface area contributed by atoms with Gasteiger partial charge in [-0.05, 0) is 35.9 Å². The highest BCUT2D eigenvalue weighted by atomic mass is 32.2. The summed E-state index contributed by atoms with van der Waals surface area (Å²) in [6.45, 7) is 6.93. The zero-order chi connectivity index (χ0) is 13.3. The maximum absolute atomic E-state index is 12.2.